The third-order valence-electron chi connectivity index (χ3n) is 2.26. The maximum atomic E-state index is 12.5. The van der Waals surface area contributed by atoms with Crippen LogP contribution >= 0.6 is 11.3 Å². The van der Waals surface area contributed by atoms with Crippen LogP contribution in [0.2, 0.25) is 0 Å². The zero-order valence-corrected chi connectivity index (χ0v) is 10.8. The number of nitrogens with zero attached hydrogens (tertiary/aromatic N) is 1. The van der Waals surface area contributed by atoms with Gasteiger partial charge >= 0.3 is 12.1 Å². The van der Waals surface area contributed by atoms with Gasteiger partial charge in [0.25, 0.3) is 5.91 Å². The first kappa shape index (κ1) is 15.4. The van der Waals surface area contributed by atoms with Crippen LogP contribution in [0.15, 0.2) is 5.51 Å². The van der Waals surface area contributed by atoms with Gasteiger partial charge in [-0.2, -0.15) is 13.2 Å². The average molecular weight is 296 g/mol. The summed E-state index contributed by atoms with van der Waals surface area (Å²) in [5.74, 6) is -2.85. The number of carboxylic acid groups (broad SMARTS) is 1. The number of rotatable bonds is 4. The molecule has 0 radical (unpaired) electrons. The van der Waals surface area contributed by atoms with Crippen LogP contribution in [-0.2, 0) is 11.0 Å². The van der Waals surface area contributed by atoms with Gasteiger partial charge in [-0.05, 0) is 5.92 Å². The molecule has 0 saturated carbocycles. The molecular weight excluding hydrogens is 285 g/mol. The number of amides is 1. The lowest BCUT2D eigenvalue weighted by Crippen LogP contribution is -2.44. The molecule has 1 rings (SSSR count). The van der Waals surface area contributed by atoms with E-state index in [0.717, 1.165) is 5.51 Å². The molecule has 106 valence electrons. The second-order valence-electron chi connectivity index (χ2n) is 4.06. The number of hydrogen-bond acceptors (Lipinski definition) is 4. The van der Waals surface area contributed by atoms with Crippen molar-refractivity contribution in [3.63, 3.8) is 0 Å². The fourth-order valence-electron chi connectivity index (χ4n) is 1.33. The summed E-state index contributed by atoms with van der Waals surface area (Å²) in [6.07, 6.45) is -4.75. The molecule has 5 nitrogen and oxygen atoms in total. The molecule has 0 saturated heterocycles. The molecule has 0 fully saturated rings. The summed E-state index contributed by atoms with van der Waals surface area (Å²) in [4.78, 5) is 25.0. The van der Waals surface area contributed by atoms with Crippen molar-refractivity contribution in [1.82, 2.24) is 10.3 Å². The highest BCUT2D eigenvalue weighted by atomic mass is 32.1. The number of halogens is 3. The van der Waals surface area contributed by atoms with E-state index in [9.17, 15) is 22.8 Å². The van der Waals surface area contributed by atoms with E-state index in [2.05, 4.69) is 10.3 Å². The Morgan fingerprint density at radius 2 is 2.00 bits per heavy atom. The Bertz CT molecular complexity index is 485. The number of aromatic nitrogens is 1. The second kappa shape index (κ2) is 5.55. The van der Waals surface area contributed by atoms with E-state index >= 15 is 0 Å². The van der Waals surface area contributed by atoms with Gasteiger partial charge < -0.3 is 10.4 Å². The number of hydrogen-bond donors (Lipinski definition) is 2. The van der Waals surface area contributed by atoms with Crippen molar-refractivity contribution >= 4 is 23.2 Å². The largest absolute Gasteiger partial charge is 0.480 e. The summed E-state index contributed by atoms with van der Waals surface area (Å²) in [6, 6.07) is -1.25. The summed E-state index contributed by atoms with van der Waals surface area (Å²) in [6.45, 7) is 3.08. The van der Waals surface area contributed by atoms with Crippen molar-refractivity contribution in [3.05, 3.63) is 16.1 Å². The molecule has 0 aliphatic rings. The lowest BCUT2D eigenvalue weighted by Gasteiger charge is -2.17. The SMILES string of the molecule is CC(C)C(NC(=O)c1scnc1C(F)(F)F)C(=O)O. The normalized spacial score (nSPS) is 13.4. The molecule has 0 bridgehead atoms. The van der Waals surface area contributed by atoms with Crippen molar-refractivity contribution in [2.75, 3.05) is 0 Å². The maximum absolute atomic E-state index is 12.5. The van der Waals surface area contributed by atoms with Crippen molar-refractivity contribution < 1.29 is 27.9 Å². The minimum absolute atomic E-state index is 0.455. The second-order valence-corrected chi connectivity index (χ2v) is 4.92. The highest BCUT2D eigenvalue weighted by molar-refractivity contribution is 7.11. The number of aliphatic carboxylic acids is 1. The van der Waals surface area contributed by atoms with Gasteiger partial charge in [0, 0.05) is 0 Å². The molecular formula is C10H11F3N2O3S. The highest BCUT2D eigenvalue weighted by Crippen LogP contribution is 2.32. The summed E-state index contributed by atoms with van der Waals surface area (Å²) in [5, 5.41) is 10.9. The molecule has 1 unspecified atom stereocenters. The lowest BCUT2D eigenvalue weighted by molar-refractivity contribution is -0.141. The molecule has 1 aromatic heterocycles. The first-order chi connectivity index (χ1) is 8.64. The van der Waals surface area contributed by atoms with Gasteiger partial charge in [0.1, 0.15) is 10.9 Å². The molecule has 1 amide bonds. The molecule has 19 heavy (non-hydrogen) atoms. The van der Waals surface area contributed by atoms with E-state index < -0.39 is 40.6 Å². The van der Waals surface area contributed by atoms with Crippen molar-refractivity contribution in [1.29, 1.82) is 0 Å². The first-order valence-electron chi connectivity index (χ1n) is 5.19. The zero-order chi connectivity index (χ0) is 14.8. The first-order valence-corrected chi connectivity index (χ1v) is 6.07. The highest BCUT2D eigenvalue weighted by Gasteiger charge is 2.39. The summed E-state index contributed by atoms with van der Waals surface area (Å²) in [7, 11) is 0. The van der Waals surface area contributed by atoms with Crippen molar-refractivity contribution in [3.8, 4) is 0 Å². The lowest BCUT2D eigenvalue weighted by atomic mass is 10.0. The molecule has 0 aromatic carbocycles. The summed E-state index contributed by atoms with van der Waals surface area (Å²) < 4.78 is 37.6. The Morgan fingerprint density at radius 3 is 2.42 bits per heavy atom. The zero-order valence-electron chi connectivity index (χ0n) is 9.99. The molecule has 9 heteroatoms. The molecule has 2 N–H and O–H groups in total. The number of carbonyl (C=O) groups excluding carboxylic acids is 1. The van der Waals surface area contributed by atoms with E-state index in [-0.39, 0.29) is 0 Å². The van der Waals surface area contributed by atoms with Gasteiger partial charge in [-0.15, -0.1) is 11.3 Å². The fourth-order valence-corrected chi connectivity index (χ4v) is 2.04. The molecule has 1 atom stereocenters. The summed E-state index contributed by atoms with van der Waals surface area (Å²) >= 11 is 0.514. The maximum Gasteiger partial charge on any atom is 0.434 e. The topological polar surface area (TPSA) is 79.3 Å². The van der Waals surface area contributed by atoms with E-state index in [1.165, 1.54) is 13.8 Å². The predicted molar refractivity (Wildman–Crippen MR) is 60.8 cm³/mol. The third kappa shape index (κ3) is 3.66. The Morgan fingerprint density at radius 1 is 1.42 bits per heavy atom. The standard InChI is InChI=1S/C10H11F3N2O3S/c1-4(2)5(9(17)18)15-8(16)6-7(10(11,12)13)14-3-19-6/h3-5H,1-2H3,(H,15,16)(H,17,18). The Balaban J connectivity index is 2.96. The predicted octanol–water partition coefficient (Wildman–Crippen LogP) is 2.00. The smallest absolute Gasteiger partial charge is 0.434 e. The number of thiazole rings is 1. The quantitative estimate of drug-likeness (QED) is 0.890. The van der Waals surface area contributed by atoms with Crippen LogP contribution in [0.4, 0.5) is 13.2 Å². The molecule has 1 aromatic rings. The van der Waals surface area contributed by atoms with Crippen LogP contribution in [-0.4, -0.2) is 28.0 Å². The van der Waals surface area contributed by atoms with Crippen LogP contribution in [0.5, 0.6) is 0 Å². The monoisotopic (exact) mass is 296 g/mol. The Kier molecular flexibility index (Phi) is 4.51. The third-order valence-corrected chi connectivity index (χ3v) is 3.09. The van der Waals surface area contributed by atoms with Crippen LogP contribution in [0, 0.1) is 5.92 Å². The van der Waals surface area contributed by atoms with E-state index in [1.807, 2.05) is 0 Å². The van der Waals surface area contributed by atoms with Gasteiger partial charge in [-0.3, -0.25) is 4.79 Å². The number of alkyl halides is 3. The number of carbonyl (C=O) groups is 2. The van der Waals surface area contributed by atoms with E-state index in [4.69, 9.17) is 5.11 Å². The van der Waals surface area contributed by atoms with Gasteiger partial charge in [0.05, 0.1) is 5.51 Å². The fraction of sp³-hybridized carbons (Fsp3) is 0.500. The van der Waals surface area contributed by atoms with Crippen LogP contribution in [0.25, 0.3) is 0 Å². The number of carboxylic acids is 1. The average Bonchev–Trinajstić information content (AvgIpc) is 2.72. The van der Waals surface area contributed by atoms with Gasteiger partial charge in [0.2, 0.25) is 0 Å². The van der Waals surface area contributed by atoms with E-state index in [1.54, 1.807) is 0 Å². The molecule has 0 aliphatic carbocycles. The molecule has 1 heterocycles. The minimum atomic E-state index is -4.75. The van der Waals surface area contributed by atoms with Gasteiger partial charge in [0.15, 0.2) is 5.69 Å². The minimum Gasteiger partial charge on any atom is -0.480 e. The number of nitrogens with one attached hydrogen (secondary N) is 1. The summed E-state index contributed by atoms with van der Waals surface area (Å²) in [5.41, 5.74) is -0.411. The Hall–Kier alpha value is -1.64. The molecule has 0 aliphatic heterocycles. The van der Waals surface area contributed by atoms with Crippen LogP contribution in [0.1, 0.15) is 29.2 Å². The Labute approximate surface area is 110 Å². The van der Waals surface area contributed by atoms with Crippen LogP contribution < -0.4 is 5.32 Å². The van der Waals surface area contributed by atoms with Gasteiger partial charge in [-0.25, -0.2) is 9.78 Å². The van der Waals surface area contributed by atoms with Crippen molar-refractivity contribution in [2.45, 2.75) is 26.1 Å². The molecule has 0 spiro atoms. The van der Waals surface area contributed by atoms with Crippen molar-refractivity contribution in [2.24, 2.45) is 5.92 Å². The van der Waals surface area contributed by atoms with Crippen LogP contribution in [0.3, 0.4) is 0 Å². The van der Waals surface area contributed by atoms with E-state index in [0.29, 0.717) is 11.3 Å². The van der Waals surface area contributed by atoms with Gasteiger partial charge in [-0.1, -0.05) is 13.8 Å².